The molecule has 1 aromatic carbocycles. The molecule has 0 radical (unpaired) electrons. The van der Waals surface area contributed by atoms with Crippen LogP contribution in [0.15, 0.2) is 52.2 Å². The van der Waals surface area contributed by atoms with Crippen LogP contribution in [0.2, 0.25) is 0 Å². The third-order valence-electron chi connectivity index (χ3n) is 2.90. The number of H-pyrrole nitrogens is 1. The summed E-state index contributed by atoms with van der Waals surface area (Å²) in [7, 11) is 0. The number of hydrogen-bond donors (Lipinski definition) is 2. The van der Waals surface area contributed by atoms with E-state index in [1.807, 2.05) is 31.2 Å². The first-order valence-electron chi connectivity index (χ1n) is 6.66. The number of benzene rings is 1. The predicted octanol–water partition coefficient (Wildman–Crippen LogP) is 3.25. The first-order valence-corrected chi connectivity index (χ1v) is 7.65. The highest BCUT2D eigenvalue weighted by atomic mass is 32.2. The molecule has 0 bridgehead atoms. The molecule has 3 rings (SSSR count). The van der Waals surface area contributed by atoms with Gasteiger partial charge in [-0.1, -0.05) is 23.9 Å². The third-order valence-corrected chi connectivity index (χ3v) is 3.82. The van der Waals surface area contributed by atoms with Gasteiger partial charge < -0.3 is 9.73 Å². The lowest BCUT2D eigenvalue weighted by Gasteiger charge is -2.04. The molecule has 2 aromatic heterocycles. The van der Waals surface area contributed by atoms with E-state index in [1.54, 1.807) is 23.9 Å². The number of aryl methyl sites for hydroxylation is 1. The minimum Gasteiger partial charge on any atom is -0.459 e. The second-order valence-corrected chi connectivity index (χ2v) is 5.56. The molecule has 0 fully saturated rings. The molecule has 0 spiro atoms. The zero-order valence-corrected chi connectivity index (χ0v) is 12.7. The number of amides is 1. The van der Waals surface area contributed by atoms with E-state index in [0.717, 1.165) is 28.0 Å². The highest BCUT2D eigenvalue weighted by molar-refractivity contribution is 7.98. The van der Waals surface area contributed by atoms with Gasteiger partial charge in [-0.05, 0) is 36.8 Å². The van der Waals surface area contributed by atoms with E-state index in [4.69, 9.17) is 4.42 Å². The maximum atomic E-state index is 11.8. The normalized spacial score (nSPS) is 10.6. The van der Waals surface area contributed by atoms with Gasteiger partial charge in [0.1, 0.15) is 5.82 Å². The van der Waals surface area contributed by atoms with Crippen molar-refractivity contribution in [3.8, 4) is 0 Å². The fourth-order valence-electron chi connectivity index (χ4n) is 1.82. The first kappa shape index (κ1) is 14.4. The molecule has 0 unspecified atom stereocenters. The second kappa shape index (κ2) is 6.48. The number of aromatic amines is 1. The van der Waals surface area contributed by atoms with Gasteiger partial charge in [0.05, 0.1) is 6.26 Å². The molecule has 0 aliphatic rings. The number of nitrogens with zero attached hydrogens (tertiary/aromatic N) is 2. The molecule has 22 heavy (non-hydrogen) atoms. The molecule has 7 heteroatoms. The van der Waals surface area contributed by atoms with Crippen LogP contribution in [-0.2, 0) is 5.75 Å². The summed E-state index contributed by atoms with van der Waals surface area (Å²) in [6.45, 7) is 1.87. The minimum absolute atomic E-state index is 0.261. The molecule has 0 saturated carbocycles. The van der Waals surface area contributed by atoms with Gasteiger partial charge in [-0.2, -0.15) is 0 Å². The van der Waals surface area contributed by atoms with Crippen LogP contribution in [0.1, 0.15) is 21.9 Å². The zero-order chi connectivity index (χ0) is 15.4. The van der Waals surface area contributed by atoms with Gasteiger partial charge in [-0.3, -0.25) is 9.89 Å². The molecular formula is C15H14N4O2S. The van der Waals surface area contributed by atoms with E-state index in [-0.39, 0.29) is 5.91 Å². The van der Waals surface area contributed by atoms with E-state index in [9.17, 15) is 4.79 Å². The summed E-state index contributed by atoms with van der Waals surface area (Å²) in [4.78, 5) is 16.1. The number of rotatable bonds is 5. The molecule has 3 aromatic rings. The Bertz CT molecular complexity index is 750. The van der Waals surface area contributed by atoms with Crippen LogP contribution in [-0.4, -0.2) is 21.1 Å². The van der Waals surface area contributed by atoms with E-state index in [1.165, 1.54) is 6.26 Å². The summed E-state index contributed by atoms with van der Waals surface area (Å²) in [6, 6.07) is 11.0. The Kier molecular flexibility index (Phi) is 4.24. The molecule has 2 heterocycles. The Morgan fingerprint density at radius 1 is 1.32 bits per heavy atom. The van der Waals surface area contributed by atoms with Gasteiger partial charge in [0, 0.05) is 11.4 Å². The van der Waals surface area contributed by atoms with Gasteiger partial charge in [-0.15, -0.1) is 5.10 Å². The van der Waals surface area contributed by atoms with E-state index in [2.05, 4.69) is 20.5 Å². The summed E-state index contributed by atoms with van der Waals surface area (Å²) in [5.74, 6) is 1.60. The van der Waals surface area contributed by atoms with Crippen LogP contribution in [0.25, 0.3) is 0 Å². The SMILES string of the molecule is Cc1nc(SCc2ccc(NC(=O)c3ccco3)cc2)n[nH]1. The minimum atomic E-state index is -0.261. The molecular weight excluding hydrogens is 300 g/mol. The number of anilines is 1. The molecule has 112 valence electrons. The fourth-order valence-corrected chi connectivity index (χ4v) is 2.62. The second-order valence-electron chi connectivity index (χ2n) is 4.62. The number of hydrogen-bond acceptors (Lipinski definition) is 5. The third kappa shape index (κ3) is 3.56. The van der Waals surface area contributed by atoms with Crippen LogP contribution in [0, 0.1) is 6.92 Å². The quantitative estimate of drug-likeness (QED) is 0.706. The number of furan rings is 1. The van der Waals surface area contributed by atoms with Gasteiger partial charge in [-0.25, -0.2) is 4.98 Å². The molecule has 0 aliphatic carbocycles. The standard InChI is InChI=1S/C15H14N4O2S/c1-10-16-15(19-18-10)22-9-11-4-6-12(7-5-11)17-14(20)13-3-2-8-21-13/h2-8H,9H2,1H3,(H,17,20)(H,16,18,19). The van der Waals surface area contributed by atoms with E-state index >= 15 is 0 Å². The van der Waals surface area contributed by atoms with Crippen molar-refractivity contribution in [2.45, 2.75) is 17.8 Å². The summed E-state index contributed by atoms with van der Waals surface area (Å²) in [6.07, 6.45) is 1.47. The summed E-state index contributed by atoms with van der Waals surface area (Å²) in [5.41, 5.74) is 1.85. The van der Waals surface area contributed by atoms with Gasteiger partial charge in [0.15, 0.2) is 5.76 Å². The summed E-state index contributed by atoms with van der Waals surface area (Å²) >= 11 is 1.56. The van der Waals surface area contributed by atoms with Crippen LogP contribution >= 0.6 is 11.8 Å². The van der Waals surface area contributed by atoms with Crippen molar-refractivity contribution in [1.29, 1.82) is 0 Å². The lowest BCUT2D eigenvalue weighted by Crippen LogP contribution is -2.10. The molecule has 2 N–H and O–H groups in total. The highest BCUT2D eigenvalue weighted by Crippen LogP contribution is 2.20. The Hall–Kier alpha value is -2.54. The van der Waals surface area contributed by atoms with Crippen molar-refractivity contribution in [2.75, 3.05) is 5.32 Å². The Morgan fingerprint density at radius 2 is 2.14 bits per heavy atom. The van der Waals surface area contributed by atoms with Crippen LogP contribution in [0.3, 0.4) is 0 Å². The molecule has 0 saturated heterocycles. The van der Waals surface area contributed by atoms with Gasteiger partial charge in [0.25, 0.3) is 5.91 Å². The monoisotopic (exact) mass is 314 g/mol. The van der Waals surface area contributed by atoms with Crippen LogP contribution < -0.4 is 5.32 Å². The Morgan fingerprint density at radius 3 is 2.77 bits per heavy atom. The maximum Gasteiger partial charge on any atom is 0.291 e. The zero-order valence-electron chi connectivity index (χ0n) is 11.9. The average molecular weight is 314 g/mol. The summed E-state index contributed by atoms with van der Waals surface area (Å²) < 4.78 is 5.05. The predicted molar refractivity (Wildman–Crippen MR) is 83.8 cm³/mol. The lowest BCUT2D eigenvalue weighted by atomic mass is 10.2. The molecule has 0 atom stereocenters. The van der Waals surface area contributed by atoms with Crippen molar-refractivity contribution in [1.82, 2.24) is 15.2 Å². The average Bonchev–Trinajstić information content (AvgIpc) is 3.18. The Balaban J connectivity index is 1.57. The van der Waals surface area contributed by atoms with Crippen molar-refractivity contribution in [3.63, 3.8) is 0 Å². The lowest BCUT2D eigenvalue weighted by molar-refractivity contribution is 0.0996. The number of nitrogens with one attached hydrogen (secondary N) is 2. The maximum absolute atomic E-state index is 11.8. The molecule has 6 nitrogen and oxygen atoms in total. The number of carbonyl (C=O) groups is 1. The van der Waals surface area contributed by atoms with Crippen LogP contribution in [0.4, 0.5) is 5.69 Å². The molecule has 0 aliphatic heterocycles. The van der Waals surface area contributed by atoms with Crippen LogP contribution in [0.5, 0.6) is 0 Å². The Labute approximate surface area is 131 Å². The summed E-state index contributed by atoms with van der Waals surface area (Å²) in [5, 5.41) is 10.4. The van der Waals surface area contributed by atoms with Crippen molar-refractivity contribution < 1.29 is 9.21 Å². The van der Waals surface area contributed by atoms with Crippen molar-refractivity contribution in [3.05, 3.63) is 59.8 Å². The molecule has 1 amide bonds. The topological polar surface area (TPSA) is 83.8 Å². The van der Waals surface area contributed by atoms with Gasteiger partial charge in [0.2, 0.25) is 5.16 Å². The van der Waals surface area contributed by atoms with Gasteiger partial charge >= 0.3 is 0 Å². The largest absolute Gasteiger partial charge is 0.459 e. The number of thioether (sulfide) groups is 1. The number of carbonyl (C=O) groups excluding carboxylic acids is 1. The van der Waals surface area contributed by atoms with E-state index < -0.39 is 0 Å². The number of aromatic nitrogens is 3. The first-order chi connectivity index (χ1) is 10.7. The smallest absolute Gasteiger partial charge is 0.291 e. The van der Waals surface area contributed by atoms with Crippen molar-refractivity contribution >= 4 is 23.4 Å². The fraction of sp³-hybridized carbons (Fsp3) is 0.133. The van der Waals surface area contributed by atoms with E-state index in [0.29, 0.717) is 5.76 Å². The van der Waals surface area contributed by atoms with Crippen molar-refractivity contribution in [2.24, 2.45) is 0 Å². The highest BCUT2D eigenvalue weighted by Gasteiger charge is 2.08.